The molecule has 1 N–H and O–H groups in total. The van der Waals surface area contributed by atoms with E-state index >= 15 is 0 Å². The molecule has 7 nitrogen and oxygen atoms in total. The van der Waals surface area contributed by atoms with Crippen molar-refractivity contribution in [1.82, 2.24) is 9.80 Å². The summed E-state index contributed by atoms with van der Waals surface area (Å²) in [6, 6.07) is 18.2. The van der Waals surface area contributed by atoms with Crippen LogP contribution in [-0.4, -0.2) is 61.1 Å². The smallest absolute Gasteiger partial charge is 0.322 e. The average molecular weight is 461 g/mol. The quantitative estimate of drug-likeness (QED) is 0.633. The Morgan fingerprint density at radius 2 is 1.82 bits per heavy atom. The number of ether oxygens (including phenoxy) is 2. The molecule has 0 spiro atoms. The number of hydrogen-bond acceptors (Lipinski definition) is 4. The molecule has 0 aromatic heterocycles. The number of rotatable bonds is 3. The van der Waals surface area contributed by atoms with Gasteiger partial charge < -0.3 is 24.6 Å². The summed E-state index contributed by atoms with van der Waals surface area (Å²) in [5, 5.41) is 2.77. The summed E-state index contributed by atoms with van der Waals surface area (Å²) in [7, 11) is 3.35. The fraction of sp³-hybridized carbons (Fsp3) is 0.231. The standard InChI is InChI=1S/C26H24FN3O4/c1-29-22-14-30(26(32)28-19-9-7-18(27)8-10-19)15-24(22)34-23-13-17(6-11-21(23)25(29)31)16-4-3-5-20(12-16)33-2/h3-13,22,24H,14-15H2,1-2H3,(H,28,32). The van der Waals surface area contributed by atoms with Crippen LogP contribution in [0.4, 0.5) is 14.9 Å². The highest BCUT2D eigenvalue weighted by atomic mass is 19.1. The molecule has 34 heavy (non-hydrogen) atoms. The number of amides is 3. The Labute approximate surface area is 196 Å². The predicted molar refractivity (Wildman–Crippen MR) is 126 cm³/mol. The van der Waals surface area contributed by atoms with Gasteiger partial charge in [0, 0.05) is 19.3 Å². The number of halogens is 1. The lowest BCUT2D eigenvalue weighted by atomic mass is 10.0. The number of likely N-dealkylation sites (tertiary alicyclic amines) is 1. The van der Waals surface area contributed by atoms with Gasteiger partial charge in [-0.25, -0.2) is 9.18 Å². The summed E-state index contributed by atoms with van der Waals surface area (Å²) in [4.78, 5) is 29.3. The van der Waals surface area contributed by atoms with Crippen LogP contribution in [0.5, 0.6) is 11.5 Å². The van der Waals surface area contributed by atoms with Gasteiger partial charge in [0.15, 0.2) is 0 Å². The van der Waals surface area contributed by atoms with Gasteiger partial charge >= 0.3 is 6.03 Å². The fourth-order valence-electron chi connectivity index (χ4n) is 4.43. The van der Waals surface area contributed by atoms with Gasteiger partial charge in [0.25, 0.3) is 5.91 Å². The fourth-order valence-corrected chi connectivity index (χ4v) is 4.43. The highest BCUT2D eigenvalue weighted by Crippen LogP contribution is 2.35. The Morgan fingerprint density at radius 3 is 2.59 bits per heavy atom. The Kier molecular flexibility index (Phi) is 5.57. The predicted octanol–water partition coefficient (Wildman–Crippen LogP) is 4.25. The lowest BCUT2D eigenvalue weighted by Gasteiger charge is -2.25. The number of hydrogen-bond donors (Lipinski definition) is 1. The van der Waals surface area contributed by atoms with Gasteiger partial charge in [-0.2, -0.15) is 0 Å². The van der Waals surface area contributed by atoms with E-state index in [-0.39, 0.29) is 29.9 Å². The number of nitrogens with one attached hydrogen (secondary N) is 1. The van der Waals surface area contributed by atoms with Crippen molar-refractivity contribution in [2.24, 2.45) is 0 Å². The first-order chi connectivity index (χ1) is 16.4. The van der Waals surface area contributed by atoms with Crippen molar-refractivity contribution < 1.29 is 23.5 Å². The van der Waals surface area contributed by atoms with E-state index in [1.54, 1.807) is 30.0 Å². The first-order valence-electron chi connectivity index (χ1n) is 11.0. The van der Waals surface area contributed by atoms with Crippen LogP contribution < -0.4 is 14.8 Å². The van der Waals surface area contributed by atoms with E-state index < -0.39 is 0 Å². The van der Waals surface area contributed by atoms with Crippen molar-refractivity contribution in [2.45, 2.75) is 12.1 Å². The molecule has 2 aliphatic heterocycles. The molecule has 0 radical (unpaired) electrons. The number of methoxy groups -OCH3 is 1. The first kappa shape index (κ1) is 21.8. The van der Waals surface area contributed by atoms with Gasteiger partial charge in [0.05, 0.1) is 25.3 Å². The maximum Gasteiger partial charge on any atom is 0.322 e. The molecular weight excluding hydrogens is 437 g/mol. The third-order valence-electron chi connectivity index (χ3n) is 6.33. The van der Waals surface area contributed by atoms with Crippen LogP contribution in [0.3, 0.4) is 0 Å². The number of urea groups is 1. The lowest BCUT2D eigenvalue weighted by Crippen LogP contribution is -2.44. The molecule has 0 bridgehead atoms. The van der Waals surface area contributed by atoms with E-state index in [0.717, 1.165) is 16.9 Å². The number of likely N-dealkylation sites (N-methyl/N-ethyl adjacent to an activating group) is 1. The molecular formula is C26H24FN3O4. The third-order valence-corrected chi connectivity index (χ3v) is 6.33. The van der Waals surface area contributed by atoms with Gasteiger partial charge in [0.2, 0.25) is 0 Å². The number of anilines is 1. The van der Waals surface area contributed by atoms with Crippen molar-refractivity contribution in [3.63, 3.8) is 0 Å². The van der Waals surface area contributed by atoms with Crippen LogP contribution in [0.15, 0.2) is 66.7 Å². The molecule has 2 unspecified atom stereocenters. The monoisotopic (exact) mass is 461 g/mol. The number of fused-ring (bicyclic) bond motifs is 2. The summed E-state index contributed by atoms with van der Waals surface area (Å²) in [6.07, 6.45) is -0.380. The van der Waals surface area contributed by atoms with Crippen LogP contribution in [-0.2, 0) is 0 Å². The van der Waals surface area contributed by atoms with Gasteiger partial charge in [-0.3, -0.25) is 4.79 Å². The minimum absolute atomic E-state index is 0.152. The van der Waals surface area contributed by atoms with Crippen molar-refractivity contribution in [1.29, 1.82) is 0 Å². The van der Waals surface area contributed by atoms with E-state index in [4.69, 9.17) is 9.47 Å². The molecule has 0 saturated carbocycles. The van der Waals surface area contributed by atoms with Crippen LogP contribution in [0.25, 0.3) is 11.1 Å². The zero-order chi connectivity index (χ0) is 23.8. The molecule has 2 atom stereocenters. The minimum Gasteiger partial charge on any atom is -0.497 e. The van der Waals surface area contributed by atoms with E-state index in [1.807, 2.05) is 36.4 Å². The average Bonchev–Trinajstić information content (AvgIpc) is 3.25. The number of benzene rings is 3. The summed E-state index contributed by atoms with van der Waals surface area (Å²) in [6.45, 7) is 0.648. The maximum absolute atomic E-state index is 13.2. The van der Waals surface area contributed by atoms with Crippen molar-refractivity contribution in [3.8, 4) is 22.6 Å². The zero-order valence-corrected chi connectivity index (χ0v) is 18.8. The molecule has 3 aromatic rings. The lowest BCUT2D eigenvalue weighted by molar-refractivity contribution is 0.0682. The van der Waals surface area contributed by atoms with Crippen LogP contribution in [0.2, 0.25) is 0 Å². The molecule has 8 heteroatoms. The first-order valence-corrected chi connectivity index (χ1v) is 11.0. The summed E-state index contributed by atoms with van der Waals surface area (Å²) in [5.74, 6) is 0.704. The van der Waals surface area contributed by atoms with Gasteiger partial charge in [0.1, 0.15) is 23.4 Å². The molecule has 174 valence electrons. The Balaban J connectivity index is 1.38. The topological polar surface area (TPSA) is 71.1 Å². The SMILES string of the molecule is COc1cccc(-c2ccc3c(c2)OC2CN(C(=O)Nc4ccc(F)cc4)CC2N(C)C3=O)c1. The Hall–Kier alpha value is -4.07. The highest BCUT2D eigenvalue weighted by Gasteiger charge is 2.43. The number of carbonyl (C=O) groups is 2. The normalized spacial score (nSPS) is 19.1. The van der Waals surface area contributed by atoms with E-state index in [0.29, 0.717) is 30.1 Å². The summed E-state index contributed by atoms with van der Waals surface area (Å²) < 4.78 is 24.8. The molecule has 0 aliphatic carbocycles. The summed E-state index contributed by atoms with van der Waals surface area (Å²) >= 11 is 0. The second-order valence-electron chi connectivity index (χ2n) is 8.42. The third kappa shape index (κ3) is 4.03. The van der Waals surface area contributed by atoms with Gasteiger partial charge in [-0.05, 0) is 59.7 Å². The van der Waals surface area contributed by atoms with Crippen molar-refractivity contribution in [2.75, 3.05) is 32.6 Å². The maximum atomic E-state index is 13.2. The second-order valence-corrected chi connectivity index (χ2v) is 8.42. The van der Waals surface area contributed by atoms with Gasteiger partial charge in [-0.15, -0.1) is 0 Å². The van der Waals surface area contributed by atoms with E-state index in [2.05, 4.69) is 5.32 Å². The van der Waals surface area contributed by atoms with Crippen molar-refractivity contribution >= 4 is 17.6 Å². The Morgan fingerprint density at radius 1 is 1.06 bits per heavy atom. The van der Waals surface area contributed by atoms with E-state index in [1.165, 1.54) is 24.3 Å². The molecule has 5 rings (SSSR count). The molecule has 1 fully saturated rings. The second kappa shape index (κ2) is 8.70. The van der Waals surface area contributed by atoms with Gasteiger partial charge in [-0.1, -0.05) is 18.2 Å². The van der Waals surface area contributed by atoms with E-state index in [9.17, 15) is 14.0 Å². The molecule has 3 amide bonds. The summed E-state index contributed by atoms with van der Waals surface area (Å²) in [5.41, 5.74) is 2.83. The molecule has 2 heterocycles. The molecule has 2 aliphatic rings. The van der Waals surface area contributed by atoms with Crippen LogP contribution in [0, 0.1) is 5.82 Å². The number of nitrogens with zero attached hydrogens (tertiary/aromatic N) is 2. The number of carbonyl (C=O) groups excluding carboxylic acids is 2. The minimum atomic E-state index is -0.380. The zero-order valence-electron chi connectivity index (χ0n) is 18.8. The Bertz CT molecular complexity index is 1250. The highest BCUT2D eigenvalue weighted by molar-refractivity contribution is 5.98. The largest absolute Gasteiger partial charge is 0.497 e. The molecule has 3 aromatic carbocycles. The molecule has 1 saturated heterocycles. The van der Waals surface area contributed by atoms with Crippen LogP contribution >= 0.6 is 0 Å². The van der Waals surface area contributed by atoms with Crippen LogP contribution in [0.1, 0.15) is 10.4 Å². The van der Waals surface area contributed by atoms with Crippen molar-refractivity contribution in [3.05, 3.63) is 78.1 Å².